The van der Waals surface area contributed by atoms with Crippen LogP contribution in [0.25, 0.3) is 0 Å². The number of hydrogen-bond acceptors (Lipinski definition) is 4. The molecular weight excluding hydrogens is 436 g/mol. The highest BCUT2D eigenvalue weighted by Gasteiger charge is 2.31. The molecule has 5 rings (SSSR count). The molecule has 7 heteroatoms. The van der Waals surface area contributed by atoms with E-state index in [2.05, 4.69) is 0 Å². The van der Waals surface area contributed by atoms with Gasteiger partial charge in [-0.2, -0.15) is 0 Å². The van der Waals surface area contributed by atoms with Crippen molar-refractivity contribution in [2.45, 2.75) is 30.6 Å². The van der Waals surface area contributed by atoms with Crippen molar-refractivity contribution < 1.29 is 17.9 Å². The number of sulfonamides is 1. The summed E-state index contributed by atoms with van der Waals surface area (Å²) in [4.78, 5) is 15.4. The van der Waals surface area contributed by atoms with Gasteiger partial charge in [0, 0.05) is 18.7 Å². The lowest BCUT2D eigenvalue weighted by Crippen LogP contribution is -2.37. The molecule has 1 amide bonds. The van der Waals surface area contributed by atoms with Gasteiger partial charge in [0.1, 0.15) is 5.75 Å². The van der Waals surface area contributed by atoms with E-state index in [1.54, 1.807) is 30.2 Å². The minimum absolute atomic E-state index is 0.127. The fraction of sp³-hybridized carbons (Fsp3) is 0.269. The molecule has 2 heterocycles. The minimum Gasteiger partial charge on any atom is -0.495 e. The smallest absolute Gasteiger partial charge is 0.264 e. The van der Waals surface area contributed by atoms with Crippen LogP contribution in [0, 0.1) is 0 Å². The van der Waals surface area contributed by atoms with E-state index in [4.69, 9.17) is 4.74 Å². The summed E-state index contributed by atoms with van der Waals surface area (Å²) < 4.78 is 34.2. The zero-order valence-corrected chi connectivity index (χ0v) is 19.3. The first-order valence-corrected chi connectivity index (χ1v) is 12.6. The van der Waals surface area contributed by atoms with Crippen molar-refractivity contribution in [1.82, 2.24) is 0 Å². The number of carbonyl (C=O) groups is 1. The fourth-order valence-electron chi connectivity index (χ4n) is 4.80. The molecule has 170 valence electrons. The van der Waals surface area contributed by atoms with Crippen LogP contribution in [0.3, 0.4) is 0 Å². The van der Waals surface area contributed by atoms with Gasteiger partial charge in [-0.1, -0.05) is 36.4 Å². The summed E-state index contributed by atoms with van der Waals surface area (Å²) in [5, 5.41) is 0. The van der Waals surface area contributed by atoms with Crippen LogP contribution in [0.2, 0.25) is 0 Å². The summed E-state index contributed by atoms with van der Waals surface area (Å²) in [5.74, 6) is 0.422. The highest BCUT2D eigenvalue weighted by atomic mass is 32.2. The summed E-state index contributed by atoms with van der Waals surface area (Å²) in [7, 11) is -2.20. The zero-order valence-electron chi connectivity index (χ0n) is 18.5. The molecule has 0 saturated carbocycles. The second-order valence-corrected chi connectivity index (χ2v) is 10.2. The Kier molecular flexibility index (Phi) is 5.58. The van der Waals surface area contributed by atoms with E-state index in [-0.39, 0.29) is 10.8 Å². The van der Waals surface area contributed by atoms with Crippen LogP contribution in [-0.4, -0.2) is 34.5 Å². The van der Waals surface area contributed by atoms with Crippen molar-refractivity contribution in [3.05, 3.63) is 83.4 Å². The summed E-state index contributed by atoms with van der Waals surface area (Å²) in [6, 6.07) is 19.8. The standard InChI is InChI=1S/C26H26N2O4S/c1-32-24-15-5-9-20-12-6-16-27(25(20)24)26(29)21-10-4-13-22(18-21)33(30,31)28-17-7-11-19-8-2-3-14-23(19)28/h2-5,8-10,13-15,18H,6-7,11-12,16-17H2,1H3. The maximum atomic E-state index is 13.6. The molecule has 0 aromatic heterocycles. The zero-order chi connectivity index (χ0) is 23.0. The van der Waals surface area contributed by atoms with Crippen LogP contribution in [0.15, 0.2) is 71.6 Å². The number of para-hydroxylation sites is 2. The van der Waals surface area contributed by atoms with Crippen LogP contribution < -0.4 is 13.9 Å². The lowest BCUT2D eigenvalue weighted by molar-refractivity contribution is 0.0984. The molecule has 0 atom stereocenters. The molecule has 2 aliphatic heterocycles. The van der Waals surface area contributed by atoms with Crippen molar-refractivity contribution in [1.29, 1.82) is 0 Å². The van der Waals surface area contributed by atoms with Gasteiger partial charge >= 0.3 is 0 Å². The van der Waals surface area contributed by atoms with Crippen LogP contribution in [-0.2, 0) is 22.9 Å². The molecule has 0 bridgehead atoms. The van der Waals surface area contributed by atoms with E-state index in [0.29, 0.717) is 24.4 Å². The Morgan fingerprint density at radius 1 is 0.879 bits per heavy atom. The Labute approximate surface area is 194 Å². The number of ether oxygens (including phenoxy) is 1. The topological polar surface area (TPSA) is 66.9 Å². The number of amides is 1. The van der Waals surface area contributed by atoms with Gasteiger partial charge in [0.2, 0.25) is 0 Å². The summed E-state index contributed by atoms with van der Waals surface area (Å²) in [6.45, 7) is 0.983. The maximum Gasteiger partial charge on any atom is 0.264 e. The van der Waals surface area contributed by atoms with Crippen LogP contribution >= 0.6 is 0 Å². The van der Waals surface area contributed by atoms with Crippen molar-refractivity contribution in [2.24, 2.45) is 0 Å². The number of methoxy groups -OCH3 is 1. The fourth-order valence-corrected chi connectivity index (χ4v) is 6.39. The van der Waals surface area contributed by atoms with Gasteiger partial charge in [-0.3, -0.25) is 9.10 Å². The molecule has 6 nitrogen and oxygen atoms in total. The molecule has 0 unspecified atom stereocenters. The number of carbonyl (C=O) groups excluding carboxylic acids is 1. The molecule has 0 spiro atoms. The SMILES string of the molecule is COc1cccc2c1N(C(=O)c1cccc(S(=O)(=O)N3CCCc4ccccc43)c1)CCC2. The lowest BCUT2D eigenvalue weighted by Gasteiger charge is -2.32. The number of rotatable bonds is 4. The first kappa shape index (κ1) is 21.5. The normalized spacial score (nSPS) is 15.5. The molecule has 3 aromatic carbocycles. The highest BCUT2D eigenvalue weighted by molar-refractivity contribution is 7.92. The third-order valence-electron chi connectivity index (χ3n) is 6.38. The Balaban J connectivity index is 1.51. The van der Waals surface area contributed by atoms with Crippen molar-refractivity contribution in [3.63, 3.8) is 0 Å². The highest BCUT2D eigenvalue weighted by Crippen LogP contribution is 2.37. The van der Waals surface area contributed by atoms with Crippen molar-refractivity contribution in [2.75, 3.05) is 29.4 Å². The summed E-state index contributed by atoms with van der Waals surface area (Å²) >= 11 is 0. The Bertz CT molecular complexity index is 1310. The number of nitrogens with zero attached hydrogens (tertiary/aromatic N) is 2. The molecule has 33 heavy (non-hydrogen) atoms. The molecule has 3 aromatic rings. The van der Waals surface area contributed by atoms with Gasteiger partial charge in [-0.05, 0) is 67.1 Å². The first-order valence-electron chi connectivity index (χ1n) is 11.2. The number of fused-ring (bicyclic) bond motifs is 2. The van der Waals surface area contributed by atoms with Gasteiger partial charge in [-0.15, -0.1) is 0 Å². The van der Waals surface area contributed by atoms with Gasteiger partial charge in [-0.25, -0.2) is 8.42 Å². The quantitative estimate of drug-likeness (QED) is 0.575. The predicted octanol–water partition coefficient (Wildman–Crippen LogP) is 4.43. The number of benzene rings is 3. The van der Waals surface area contributed by atoms with Gasteiger partial charge in [0.15, 0.2) is 0 Å². The van der Waals surface area contributed by atoms with E-state index in [0.717, 1.165) is 48.2 Å². The molecule has 0 aliphatic carbocycles. The Morgan fingerprint density at radius 2 is 1.61 bits per heavy atom. The third kappa shape index (κ3) is 3.76. The summed E-state index contributed by atoms with van der Waals surface area (Å²) in [6.07, 6.45) is 3.34. The number of aryl methyl sites for hydroxylation is 2. The van der Waals surface area contributed by atoms with Gasteiger partial charge in [0.25, 0.3) is 15.9 Å². The van der Waals surface area contributed by atoms with Gasteiger partial charge < -0.3 is 9.64 Å². The van der Waals surface area contributed by atoms with Crippen molar-refractivity contribution >= 4 is 27.3 Å². The van der Waals surface area contributed by atoms with E-state index in [1.165, 1.54) is 10.4 Å². The van der Waals surface area contributed by atoms with E-state index in [9.17, 15) is 13.2 Å². The van der Waals surface area contributed by atoms with E-state index < -0.39 is 10.0 Å². The minimum atomic E-state index is -3.80. The van der Waals surface area contributed by atoms with E-state index >= 15 is 0 Å². The second kappa shape index (κ2) is 8.56. The largest absolute Gasteiger partial charge is 0.495 e. The summed E-state index contributed by atoms with van der Waals surface area (Å²) in [5.41, 5.74) is 3.92. The average Bonchev–Trinajstić information content (AvgIpc) is 2.87. The number of anilines is 2. The number of hydrogen-bond donors (Lipinski definition) is 0. The lowest BCUT2D eigenvalue weighted by atomic mass is 10.00. The monoisotopic (exact) mass is 462 g/mol. The molecule has 0 saturated heterocycles. The van der Waals surface area contributed by atoms with Crippen molar-refractivity contribution in [3.8, 4) is 5.75 Å². The molecule has 0 radical (unpaired) electrons. The Morgan fingerprint density at radius 3 is 2.45 bits per heavy atom. The Hall–Kier alpha value is -3.32. The molecule has 0 fully saturated rings. The van der Waals surface area contributed by atoms with Crippen LogP contribution in [0.5, 0.6) is 5.75 Å². The van der Waals surface area contributed by atoms with Gasteiger partial charge in [0.05, 0.1) is 23.4 Å². The molecular formula is C26H26N2O4S. The average molecular weight is 463 g/mol. The van der Waals surface area contributed by atoms with E-state index in [1.807, 2.05) is 42.5 Å². The van der Waals surface area contributed by atoms with Crippen LogP contribution in [0.4, 0.5) is 11.4 Å². The first-order chi connectivity index (χ1) is 16.0. The predicted molar refractivity (Wildman–Crippen MR) is 129 cm³/mol. The molecule has 2 aliphatic rings. The van der Waals surface area contributed by atoms with Crippen LogP contribution in [0.1, 0.15) is 34.3 Å². The second-order valence-electron chi connectivity index (χ2n) is 8.37. The third-order valence-corrected chi connectivity index (χ3v) is 8.19. The molecule has 0 N–H and O–H groups in total. The maximum absolute atomic E-state index is 13.6.